The average molecular weight is 367 g/mol. The van der Waals surface area contributed by atoms with Crippen LogP contribution in [0.1, 0.15) is 37.1 Å². The molecule has 5 heteroatoms. The number of amides is 1. The number of imidazole rings is 1. The number of carbonyl (C=O) groups excluding carboxylic acids is 1. The van der Waals surface area contributed by atoms with Crippen molar-refractivity contribution < 1.29 is 9.53 Å². The van der Waals surface area contributed by atoms with Gasteiger partial charge in [-0.1, -0.05) is 30.3 Å². The van der Waals surface area contributed by atoms with Gasteiger partial charge in [-0.25, -0.2) is 4.98 Å². The summed E-state index contributed by atoms with van der Waals surface area (Å²) in [6.07, 6.45) is 7.60. The number of piperidine rings is 1. The fourth-order valence-electron chi connectivity index (χ4n) is 4.60. The summed E-state index contributed by atoms with van der Waals surface area (Å²) in [7, 11) is 0. The molecule has 0 radical (unpaired) electrons. The number of hydrogen-bond donors (Lipinski definition) is 0. The van der Waals surface area contributed by atoms with Gasteiger partial charge in [0, 0.05) is 45.2 Å². The molecule has 1 amide bonds. The molecule has 5 nitrogen and oxygen atoms in total. The zero-order valence-corrected chi connectivity index (χ0v) is 16.1. The molecule has 0 aliphatic carbocycles. The van der Waals surface area contributed by atoms with Crippen LogP contribution in [0, 0.1) is 12.8 Å². The van der Waals surface area contributed by atoms with Gasteiger partial charge >= 0.3 is 0 Å². The van der Waals surface area contributed by atoms with Gasteiger partial charge in [-0.2, -0.15) is 0 Å². The smallest absolute Gasteiger partial charge is 0.233 e. The van der Waals surface area contributed by atoms with Crippen molar-refractivity contribution in [2.75, 3.05) is 26.3 Å². The topological polar surface area (TPSA) is 47.4 Å². The van der Waals surface area contributed by atoms with E-state index in [4.69, 9.17) is 4.74 Å². The lowest BCUT2D eigenvalue weighted by molar-refractivity contribution is -0.142. The molecule has 0 saturated carbocycles. The number of aromatic nitrogens is 2. The van der Waals surface area contributed by atoms with Gasteiger partial charge in [0.15, 0.2) is 0 Å². The molecule has 0 bridgehead atoms. The Bertz CT molecular complexity index is 757. The Morgan fingerprint density at radius 3 is 2.52 bits per heavy atom. The van der Waals surface area contributed by atoms with Crippen molar-refractivity contribution in [2.24, 2.45) is 5.92 Å². The van der Waals surface area contributed by atoms with Crippen LogP contribution in [-0.2, 0) is 21.5 Å². The van der Waals surface area contributed by atoms with Crippen molar-refractivity contribution in [3.8, 4) is 0 Å². The average Bonchev–Trinajstić information content (AvgIpc) is 3.13. The van der Waals surface area contributed by atoms with Gasteiger partial charge in [-0.05, 0) is 44.1 Å². The van der Waals surface area contributed by atoms with Crippen LogP contribution in [0.5, 0.6) is 0 Å². The maximum absolute atomic E-state index is 13.6. The molecular formula is C22H29N3O2. The number of rotatable bonds is 4. The van der Waals surface area contributed by atoms with Crippen LogP contribution in [0.2, 0.25) is 0 Å². The fourth-order valence-corrected chi connectivity index (χ4v) is 4.60. The van der Waals surface area contributed by atoms with Crippen molar-refractivity contribution in [3.05, 3.63) is 54.1 Å². The first kappa shape index (κ1) is 18.2. The molecule has 27 heavy (non-hydrogen) atoms. The number of aryl methyl sites for hydroxylation is 1. The minimum absolute atomic E-state index is 0.300. The molecule has 1 aromatic heterocycles. The third-order valence-electron chi connectivity index (χ3n) is 6.36. The van der Waals surface area contributed by atoms with E-state index in [1.165, 1.54) is 0 Å². The maximum Gasteiger partial charge on any atom is 0.233 e. The van der Waals surface area contributed by atoms with Crippen LogP contribution in [-0.4, -0.2) is 46.7 Å². The Balaban J connectivity index is 1.45. The van der Waals surface area contributed by atoms with E-state index in [0.29, 0.717) is 25.0 Å². The Kier molecular flexibility index (Phi) is 5.30. The van der Waals surface area contributed by atoms with Gasteiger partial charge in [-0.15, -0.1) is 0 Å². The highest BCUT2D eigenvalue weighted by atomic mass is 16.5. The highest BCUT2D eigenvalue weighted by molar-refractivity contribution is 5.88. The van der Waals surface area contributed by atoms with E-state index in [0.717, 1.165) is 56.7 Å². The lowest BCUT2D eigenvalue weighted by Crippen LogP contribution is -2.52. The maximum atomic E-state index is 13.6. The number of nitrogens with zero attached hydrogens (tertiary/aromatic N) is 3. The molecule has 4 rings (SSSR count). The summed E-state index contributed by atoms with van der Waals surface area (Å²) >= 11 is 0. The Hall–Kier alpha value is -2.14. The quantitative estimate of drug-likeness (QED) is 0.834. The number of carbonyl (C=O) groups is 1. The lowest BCUT2D eigenvalue weighted by atomic mass is 9.72. The van der Waals surface area contributed by atoms with E-state index in [1.807, 2.05) is 31.3 Å². The van der Waals surface area contributed by atoms with Crippen molar-refractivity contribution in [3.63, 3.8) is 0 Å². The molecule has 2 aromatic rings. The Labute approximate surface area is 161 Å². The van der Waals surface area contributed by atoms with Crippen LogP contribution >= 0.6 is 0 Å². The summed E-state index contributed by atoms with van der Waals surface area (Å²) in [5.74, 6) is 1.98. The van der Waals surface area contributed by atoms with E-state index in [9.17, 15) is 4.79 Å². The lowest BCUT2D eigenvalue weighted by Gasteiger charge is -2.42. The minimum atomic E-state index is -0.409. The summed E-state index contributed by atoms with van der Waals surface area (Å²) in [5, 5.41) is 0. The van der Waals surface area contributed by atoms with E-state index >= 15 is 0 Å². The number of hydrogen-bond acceptors (Lipinski definition) is 3. The third kappa shape index (κ3) is 3.65. The van der Waals surface area contributed by atoms with Crippen LogP contribution in [0.15, 0.2) is 42.7 Å². The van der Waals surface area contributed by atoms with Crippen LogP contribution in [0.4, 0.5) is 0 Å². The van der Waals surface area contributed by atoms with Crippen LogP contribution in [0.25, 0.3) is 0 Å². The second-order valence-electron chi connectivity index (χ2n) is 7.92. The molecule has 1 aromatic carbocycles. The monoisotopic (exact) mass is 367 g/mol. The van der Waals surface area contributed by atoms with Crippen LogP contribution in [0.3, 0.4) is 0 Å². The van der Waals surface area contributed by atoms with Crippen molar-refractivity contribution in [1.29, 1.82) is 0 Å². The molecule has 2 saturated heterocycles. The number of ether oxygens (including phenoxy) is 1. The first-order chi connectivity index (χ1) is 13.2. The molecule has 0 N–H and O–H groups in total. The van der Waals surface area contributed by atoms with Gasteiger partial charge in [0.2, 0.25) is 5.91 Å². The Morgan fingerprint density at radius 1 is 1.19 bits per heavy atom. The van der Waals surface area contributed by atoms with E-state index in [-0.39, 0.29) is 0 Å². The van der Waals surface area contributed by atoms with Crippen LogP contribution < -0.4 is 0 Å². The van der Waals surface area contributed by atoms with Gasteiger partial charge in [0.05, 0.1) is 5.41 Å². The minimum Gasteiger partial charge on any atom is -0.381 e. The van der Waals surface area contributed by atoms with Gasteiger partial charge in [0.1, 0.15) is 5.82 Å². The molecule has 2 aliphatic rings. The van der Waals surface area contributed by atoms with Crippen molar-refractivity contribution >= 4 is 5.91 Å². The number of likely N-dealkylation sites (tertiary alicyclic amines) is 1. The summed E-state index contributed by atoms with van der Waals surface area (Å²) < 4.78 is 7.82. The molecule has 0 spiro atoms. The molecular weight excluding hydrogens is 338 g/mol. The molecule has 2 fully saturated rings. The summed E-state index contributed by atoms with van der Waals surface area (Å²) in [4.78, 5) is 20.0. The van der Waals surface area contributed by atoms with E-state index in [1.54, 1.807) is 0 Å². The second kappa shape index (κ2) is 7.85. The Morgan fingerprint density at radius 2 is 1.89 bits per heavy atom. The van der Waals surface area contributed by atoms with Crippen molar-refractivity contribution in [2.45, 2.75) is 44.6 Å². The standard InChI is InChI=1S/C22H29N3O2/c1-18-23-11-14-25(18)17-19-7-12-24(13-8-19)21(26)22(9-15-27-16-10-22)20-5-3-2-4-6-20/h2-6,11,14,19H,7-10,12-13,15-17H2,1H3. The highest BCUT2D eigenvalue weighted by Crippen LogP contribution is 2.37. The first-order valence-electron chi connectivity index (χ1n) is 10.1. The predicted molar refractivity (Wildman–Crippen MR) is 104 cm³/mol. The summed E-state index contributed by atoms with van der Waals surface area (Å²) in [5.41, 5.74) is 0.738. The molecule has 0 atom stereocenters. The third-order valence-corrected chi connectivity index (χ3v) is 6.36. The molecule has 144 valence electrons. The molecule has 0 unspecified atom stereocenters. The summed E-state index contributed by atoms with van der Waals surface area (Å²) in [6, 6.07) is 10.3. The first-order valence-corrected chi connectivity index (χ1v) is 10.1. The zero-order chi connectivity index (χ0) is 18.7. The van der Waals surface area contributed by atoms with Gasteiger partial charge in [-0.3, -0.25) is 4.79 Å². The van der Waals surface area contributed by atoms with Gasteiger partial charge < -0.3 is 14.2 Å². The summed E-state index contributed by atoms with van der Waals surface area (Å²) in [6.45, 7) is 6.09. The molecule has 3 heterocycles. The largest absolute Gasteiger partial charge is 0.381 e. The van der Waals surface area contributed by atoms with Gasteiger partial charge in [0.25, 0.3) is 0 Å². The zero-order valence-electron chi connectivity index (χ0n) is 16.1. The SMILES string of the molecule is Cc1nccn1CC1CCN(C(=O)C2(c3ccccc3)CCOCC2)CC1. The van der Waals surface area contributed by atoms with E-state index in [2.05, 4.69) is 32.8 Å². The predicted octanol–water partition coefficient (Wildman–Crippen LogP) is 3.18. The normalized spacial score (nSPS) is 20.6. The highest BCUT2D eigenvalue weighted by Gasteiger charge is 2.44. The van der Waals surface area contributed by atoms with E-state index < -0.39 is 5.41 Å². The number of benzene rings is 1. The fraction of sp³-hybridized carbons (Fsp3) is 0.545. The second-order valence-corrected chi connectivity index (χ2v) is 7.92. The molecule has 2 aliphatic heterocycles. The van der Waals surface area contributed by atoms with Crippen molar-refractivity contribution in [1.82, 2.24) is 14.5 Å².